The first kappa shape index (κ1) is 17.3. The van der Waals surface area contributed by atoms with Gasteiger partial charge >= 0.3 is 0 Å². The van der Waals surface area contributed by atoms with Gasteiger partial charge in [-0.25, -0.2) is 0 Å². The Morgan fingerprint density at radius 3 is 2.43 bits per heavy atom. The third-order valence-corrected chi connectivity index (χ3v) is 4.09. The van der Waals surface area contributed by atoms with E-state index in [-0.39, 0.29) is 6.04 Å². The van der Waals surface area contributed by atoms with Crippen molar-refractivity contribution in [3.05, 3.63) is 59.2 Å². The summed E-state index contributed by atoms with van der Waals surface area (Å²) in [5.41, 5.74) is 4.63. The Morgan fingerprint density at radius 1 is 1.13 bits per heavy atom. The topological polar surface area (TPSA) is 33.3 Å². The molecular weight excluding hydrogens is 304 g/mol. The van der Waals surface area contributed by atoms with E-state index in [1.54, 1.807) is 7.11 Å². The predicted molar refractivity (Wildman–Crippen MR) is 101 cm³/mol. The van der Waals surface area contributed by atoms with E-state index in [1.807, 2.05) is 12.1 Å². The van der Waals surface area contributed by atoms with E-state index >= 15 is 0 Å². The number of thiocarbonyl (C=S) groups is 1. The van der Waals surface area contributed by atoms with Crippen molar-refractivity contribution in [1.29, 1.82) is 0 Å². The quantitative estimate of drug-likeness (QED) is 0.776. The molecule has 0 saturated carbocycles. The highest BCUT2D eigenvalue weighted by molar-refractivity contribution is 7.80. The highest BCUT2D eigenvalue weighted by atomic mass is 32.1. The third-order valence-electron chi connectivity index (χ3n) is 3.87. The summed E-state index contributed by atoms with van der Waals surface area (Å²) in [6.07, 6.45) is 0.945. The van der Waals surface area contributed by atoms with Gasteiger partial charge in [0.05, 0.1) is 13.2 Å². The van der Waals surface area contributed by atoms with Gasteiger partial charge in [-0.15, -0.1) is 0 Å². The van der Waals surface area contributed by atoms with Crippen molar-refractivity contribution in [2.45, 2.75) is 33.2 Å². The maximum Gasteiger partial charge on any atom is 0.171 e. The van der Waals surface area contributed by atoms with E-state index in [0.717, 1.165) is 17.9 Å². The minimum atomic E-state index is 0.172. The monoisotopic (exact) mass is 328 g/mol. The fourth-order valence-electron chi connectivity index (χ4n) is 2.44. The van der Waals surface area contributed by atoms with E-state index < -0.39 is 0 Å². The SMILES string of the molecule is CC[C@@H](NC(=S)Nc1cc(C)ccc1C)c1ccc(OC)cc1. The van der Waals surface area contributed by atoms with Crippen LogP contribution in [-0.2, 0) is 0 Å². The van der Waals surface area contributed by atoms with Crippen LogP contribution in [0.5, 0.6) is 5.75 Å². The van der Waals surface area contributed by atoms with Crippen LogP contribution >= 0.6 is 12.2 Å². The Hall–Kier alpha value is -2.07. The Balaban J connectivity index is 2.05. The Kier molecular flexibility index (Phi) is 5.99. The summed E-state index contributed by atoms with van der Waals surface area (Å²) < 4.78 is 5.21. The number of aryl methyl sites for hydroxylation is 2. The maximum atomic E-state index is 5.48. The minimum Gasteiger partial charge on any atom is -0.497 e. The van der Waals surface area contributed by atoms with Crippen molar-refractivity contribution < 1.29 is 4.74 Å². The summed E-state index contributed by atoms with van der Waals surface area (Å²) in [5, 5.41) is 7.34. The fourth-order valence-corrected chi connectivity index (χ4v) is 2.70. The lowest BCUT2D eigenvalue weighted by atomic mass is 10.0. The fraction of sp³-hybridized carbons (Fsp3) is 0.316. The number of methoxy groups -OCH3 is 1. The molecule has 0 amide bonds. The van der Waals surface area contributed by atoms with E-state index in [4.69, 9.17) is 17.0 Å². The molecule has 2 aromatic carbocycles. The molecule has 0 bridgehead atoms. The molecule has 1 atom stereocenters. The molecular formula is C19H24N2OS. The Bertz CT molecular complexity index is 668. The largest absolute Gasteiger partial charge is 0.497 e. The van der Waals surface area contributed by atoms with Gasteiger partial charge in [-0.3, -0.25) is 0 Å². The van der Waals surface area contributed by atoms with Crippen molar-refractivity contribution in [3.8, 4) is 5.75 Å². The molecule has 0 saturated heterocycles. The number of anilines is 1. The maximum absolute atomic E-state index is 5.48. The molecule has 2 N–H and O–H groups in total. The van der Waals surface area contributed by atoms with Crippen LogP contribution in [-0.4, -0.2) is 12.2 Å². The first-order valence-electron chi connectivity index (χ1n) is 7.82. The van der Waals surface area contributed by atoms with Gasteiger partial charge in [-0.2, -0.15) is 0 Å². The molecule has 2 rings (SSSR count). The van der Waals surface area contributed by atoms with Crippen LogP contribution in [0.25, 0.3) is 0 Å². The second kappa shape index (κ2) is 7.97. The molecule has 0 fully saturated rings. The number of rotatable bonds is 5. The van der Waals surface area contributed by atoms with Gasteiger partial charge in [0.1, 0.15) is 5.75 Å². The molecule has 0 spiro atoms. The zero-order chi connectivity index (χ0) is 16.8. The summed E-state index contributed by atoms with van der Waals surface area (Å²) >= 11 is 5.48. The smallest absolute Gasteiger partial charge is 0.171 e. The molecule has 0 heterocycles. The van der Waals surface area contributed by atoms with Gasteiger partial charge in [-0.1, -0.05) is 31.2 Å². The number of benzene rings is 2. The van der Waals surface area contributed by atoms with Crippen LogP contribution in [0.3, 0.4) is 0 Å². The molecule has 0 aliphatic carbocycles. The predicted octanol–water partition coefficient (Wildman–Crippen LogP) is 4.75. The van der Waals surface area contributed by atoms with Crippen LogP contribution in [0.4, 0.5) is 5.69 Å². The molecule has 122 valence electrons. The van der Waals surface area contributed by atoms with Gasteiger partial charge in [0.15, 0.2) is 5.11 Å². The second-order valence-corrected chi connectivity index (χ2v) is 6.06. The lowest BCUT2D eigenvalue weighted by Crippen LogP contribution is -2.32. The first-order chi connectivity index (χ1) is 11.0. The molecule has 2 aromatic rings. The highest BCUT2D eigenvalue weighted by Gasteiger charge is 2.11. The van der Waals surface area contributed by atoms with Crippen molar-refractivity contribution in [1.82, 2.24) is 5.32 Å². The molecule has 23 heavy (non-hydrogen) atoms. The average molecular weight is 328 g/mol. The minimum absolute atomic E-state index is 0.172. The number of hydrogen-bond acceptors (Lipinski definition) is 2. The Labute approximate surface area is 144 Å². The van der Waals surface area contributed by atoms with E-state index in [2.05, 4.69) is 61.7 Å². The van der Waals surface area contributed by atoms with E-state index in [1.165, 1.54) is 16.7 Å². The van der Waals surface area contributed by atoms with Crippen LogP contribution in [0.2, 0.25) is 0 Å². The van der Waals surface area contributed by atoms with Crippen molar-refractivity contribution in [2.24, 2.45) is 0 Å². The zero-order valence-corrected chi connectivity index (χ0v) is 15.0. The molecule has 0 aliphatic rings. The zero-order valence-electron chi connectivity index (χ0n) is 14.1. The highest BCUT2D eigenvalue weighted by Crippen LogP contribution is 2.21. The molecule has 0 aromatic heterocycles. The summed E-state index contributed by atoms with van der Waals surface area (Å²) in [6.45, 7) is 6.29. The molecule has 0 radical (unpaired) electrons. The van der Waals surface area contributed by atoms with Crippen molar-refractivity contribution in [3.63, 3.8) is 0 Å². The van der Waals surface area contributed by atoms with Crippen LogP contribution in [0.15, 0.2) is 42.5 Å². The number of nitrogens with one attached hydrogen (secondary N) is 2. The standard InChI is InChI=1S/C19H24N2OS/c1-5-17(15-8-10-16(22-4)11-9-15)20-19(23)21-18-12-13(2)6-7-14(18)3/h6-12,17H,5H2,1-4H3,(H2,20,21,23)/t17-/m1/s1. The van der Waals surface area contributed by atoms with Crippen LogP contribution in [0.1, 0.15) is 36.1 Å². The summed E-state index contributed by atoms with van der Waals surface area (Å²) in [4.78, 5) is 0. The lowest BCUT2D eigenvalue weighted by Gasteiger charge is -2.21. The lowest BCUT2D eigenvalue weighted by molar-refractivity contribution is 0.414. The number of ether oxygens (including phenoxy) is 1. The van der Waals surface area contributed by atoms with Crippen LogP contribution in [0, 0.1) is 13.8 Å². The van der Waals surface area contributed by atoms with Crippen molar-refractivity contribution in [2.75, 3.05) is 12.4 Å². The van der Waals surface area contributed by atoms with Gasteiger partial charge in [0, 0.05) is 5.69 Å². The summed E-state index contributed by atoms with van der Waals surface area (Å²) in [5.74, 6) is 0.861. The van der Waals surface area contributed by atoms with Gasteiger partial charge in [-0.05, 0) is 67.4 Å². The third kappa shape index (κ3) is 4.70. The number of hydrogen-bond donors (Lipinski definition) is 2. The first-order valence-corrected chi connectivity index (χ1v) is 8.23. The van der Waals surface area contributed by atoms with E-state index in [9.17, 15) is 0 Å². The summed E-state index contributed by atoms with van der Waals surface area (Å²) in [6, 6.07) is 14.6. The summed E-state index contributed by atoms with van der Waals surface area (Å²) in [7, 11) is 1.67. The van der Waals surface area contributed by atoms with Crippen LogP contribution < -0.4 is 15.4 Å². The van der Waals surface area contributed by atoms with Crippen molar-refractivity contribution >= 4 is 23.0 Å². The molecule has 4 heteroatoms. The molecule has 3 nitrogen and oxygen atoms in total. The van der Waals surface area contributed by atoms with E-state index in [0.29, 0.717) is 5.11 Å². The van der Waals surface area contributed by atoms with Gasteiger partial charge in [0.25, 0.3) is 0 Å². The average Bonchev–Trinajstić information content (AvgIpc) is 2.56. The second-order valence-electron chi connectivity index (χ2n) is 5.65. The molecule has 0 unspecified atom stereocenters. The molecule has 0 aliphatic heterocycles. The Morgan fingerprint density at radius 2 is 1.83 bits per heavy atom. The van der Waals surface area contributed by atoms with Gasteiger partial charge < -0.3 is 15.4 Å². The van der Waals surface area contributed by atoms with Gasteiger partial charge in [0.2, 0.25) is 0 Å². The normalized spacial score (nSPS) is 11.7.